The first-order valence-corrected chi connectivity index (χ1v) is 12.9. The summed E-state index contributed by atoms with van der Waals surface area (Å²) in [4.78, 5) is 6.02. The van der Waals surface area contributed by atoms with E-state index in [0.717, 1.165) is 31.6 Å². The number of nitrogens with one attached hydrogen (secondary N) is 1. The summed E-state index contributed by atoms with van der Waals surface area (Å²) in [5, 5.41) is 4.42. The van der Waals surface area contributed by atoms with Gasteiger partial charge in [0.15, 0.2) is 6.23 Å². The zero-order valence-corrected chi connectivity index (χ0v) is 20.0. The zero-order chi connectivity index (χ0) is 24.0. The van der Waals surface area contributed by atoms with E-state index in [9.17, 15) is 0 Å². The highest BCUT2D eigenvalue weighted by Crippen LogP contribution is 2.62. The molecule has 1 N–H and O–H groups in total. The lowest BCUT2D eigenvalue weighted by Crippen LogP contribution is -2.46. The summed E-state index contributed by atoms with van der Waals surface area (Å²) in [6.45, 7) is 8.62. The lowest BCUT2D eigenvalue weighted by atomic mass is 9.58. The summed E-state index contributed by atoms with van der Waals surface area (Å²) in [7, 11) is 0. The third kappa shape index (κ3) is 3.03. The van der Waals surface area contributed by atoms with Crippen molar-refractivity contribution in [2.24, 2.45) is 27.7 Å². The van der Waals surface area contributed by atoms with Crippen LogP contribution in [0.15, 0.2) is 50.2 Å². The van der Waals surface area contributed by atoms with Crippen LogP contribution in [0.4, 0.5) is 0 Å². The van der Waals surface area contributed by atoms with Gasteiger partial charge in [0.05, 0.1) is 0 Å². The minimum absolute atomic E-state index is 0.181. The molecule has 0 aromatic heterocycles. The predicted molar refractivity (Wildman–Crippen MR) is 130 cm³/mol. The molecular weight excluding hydrogens is 400 g/mol. The van der Waals surface area contributed by atoms with Crippen LogP contribution in [-0.4, -0.2) is 23.7 Å². The Morgan fingerprint density at radius 1 is 1.19 bits per heavy atom. The molecule has 0 bridgehead atoms. The Bertz CT molecular complexity index is 1090. The van der Waals surface area contributed by atoms with Gasteiger partial charge in [0.1, 0.15) is 5.76 Å². The van der Waals surface area contributed by atoms with Crippen LogP contribution in [0.1, 0.15) is 77.2 Å². The fraction of sp³-hybridized carbons (Fsp3) is 0.667. The second-order valence-electron chi connectivity index (χ2n) is 11.5. The van der Waals surface area contributed by atoms with E-state index in [4.69, 9.17) is 8.85 Å². The Kier molecular flexibility index (Phi) is 3.75. The van der Waals surface area contributed by atoms with Crippen molar-refractivity contribution in [1.82, 2.24) is 5.32 Å². The highest BCUT2D eigenvalue weighted by atomic mass is 32.2. The quantitative estimate of drug-likeness (QED) is 0.506. The molecule has 2 unspecified atom stereocenters. The highest BCUT2D eigenvalue weighted by molar-refractivity contribution is 8.04. The van der Waals surface area contributed by atoms with Crippen molar-refractivity contribution in [2.45, 2.75) is 84.5 Å². The number of rotatable bonds is 1. The van der Waals surface area contributed by atoms with E-state index < -0.39 is 6.85 Å². The second-order valence-corrected chi connectivity index (χ2v) is 12.7. The summed E-state index contributed by atoms with van der Waals surface area (Å²) in [5.41, 5.74) is 6.29. The molecule has 0 radical (unpaired) electrons. The second kappa shape index (κ2) is 6.79. The van der Waals surface area contributed by atoms with Gasteiger partial charge < -0.3 is 10.1 Å². The molecule has 31 heavy (non-hydrogen) atoms. The summed E-state index contributed by atoms with van der Waals surface area (Å²) in [5.74, 6) is 1.76. The van der Waals surface area contributed by atoms with E-state index in [1.807, 2.05) is 0 Å². The number of aliphatic imine (C=N–C) groups is 1. The molecule has 6 rings (SSSR count). The molecule has 1 saturated heterocycles. The van der Waals surface area contributed by atoms with Gasteiger partial charge in [-0.15, -0.1) is 11.8 Å². The Labute approximate surface area is 195 Å². The minimum Gasteiger partial charge on any atom is -0.467 e. The molecule has 2 aliphatic carbocycles. The van der Waals surface area contributed by atoms with Crippen molar-refractivity contribution in [3.8, 4) is 0 Å². The fourth-order valence-corrected chi connectivity index (χ4v) is 8.61. The van der Waals surface area contributed by atoms with Crippen LogP contribution >= 0.6 is 11.8 Å². The minimum atomic E-state index is -2.12. The first-order chi connectivity index (χ1) is 16.0. The Morgan fingerprint density at radius 3 is 2.87 bits per heavy atom. The third-order valence-corrected chi connectivity index (χ3v) is 10.4. The average Bonchev–Trinajstić information content (AvgIpc) is 3.35. The number of fused-ring (bicyclic) bond motifs is 5. The fourth-order valence-electron chi connectivity index (χ4n) is 6.69. The van der Waals surface area contributed by atoms with Gasteiger partial charge in [-0.25, -0.2) is 0 Å². The topological polar surface area (TPSA) is 33.6 Å². The van der Waals surface area contributed by atoms with Crippen molar-refractivity contribution >= 4 is 17.5 Å². The zero-order valence-electron chi connectivity index (χ0n) is 22.2. The van der Waals surface area contributed by atoms with Crippen molar-refractivity contribution in [3.63, 3.8) is 0 Å². The van der Waals surface area contributed by atoms with Crippen LogP contribution in [0.25, 0.3) is 0 Å². The molecule has 3 nitrogen and oxygen atoms in total. The molecule has 0 aromatic carbocycles. The van der Waals surface area contributed by atoms with E-state index in [0.29, 0.717) is 34.1 Å². The first-order valence-electron chi connectivity index (χ1n) is 13.5. The molecule has 0 aromatic rings. The maximum Gasteiger partial charge on any atom is 0.196 e. The van der Waals surface area contributed by atoms with Crippen molar-refractivity contribution in [2.75, 3.05) is 6.54 Å². The van der Waals surface area contributed by atoms with Gasteiger partial charge in [-0.1, -0.05) is 33.8 Å². The van der Waals surface area contributed by atoms with Gasteiger partial charge in [0, 0.05) is 49.6 Å². The number of hydrogen-bond acceptors (Lipinski definition) is 4. The molecule has 1 saturated carbocycles. The third-order valence-electron chi connectivity index (χ3n) is 8.60. The summed E-state index contributed by atoms with van der Waals surface area (Å²) in [6.07, 6.45) is 10.2. The van der Waals surface area contributed by atoms with Crippen molar-refractivity contribution in [3.05, 3.63) is 45.2 Å². The van der Waals surface area contributed by atoms with Gasteiger partial charge in [-0.05, 0) is 73.4 Å². The largest absolute Gasteiger partial charge is 0.467 e. The number of dihydropyridines is 1. The number of ether oxygens (including phenoxy) is 1. The molecule has 4 heterocycles. The molecule has 166 valence electrons. The lowest BCUT2D eigenvalue weighted by molar-refractivity contribution is 0.0877. The van der Waals surface area contributed by atoms with Gasteiger partial charge >= 0.3 is 0 Å². The Morgan fingerprint density at radius 2 is 2.03 bits per heavy atom. The van der Waals surface area contributed by atoms with E-state index in [-0.39, 0.29) is 12.1 Å². The number of hydrogen-bond donors (Lipinski definition) is 1. The van der Waals surface area contributed by atoms with Crippen LogP contribution in [-0.2, 0) is 4.74 Å². The number of thioether (sulfide) groups is 1. The van der Waals surface area contributed by atoms with Crippen LogP contribution in [0.3, 0.4) is 0 Å². The molecule has 4 heteroatoms. The molecule has 4 aliphatic heterocycles. The van der Waals surface area contributed by atoms with E-state index in [1.165, 1.54) is 34.6 Å². The van der Waals surface area contributed by atoms with Crippen molar-refractivity contribution in [1.29, 1.82) is 0 Å². The number of allylic oxidation sites excluding steroid dienone is 4. The molecule has 0 spiro atoms. The smallest absolute Gasteiger partial charge is 0.196 e. The maximum absolute atomic E-state index is 7.77. The van der Waals surface area contributed by atoms with Crippen molar-refractivity contribution < 1.29 is 8.85 Å². The SMILES string of the molecule is [2H]C([2H])([2H])C1=NC2OC3=C(C4=CC5=C(CN4)[C@H]4[C@@H](S5)C(C)(C)CCC4(C)C)CCC=C3C2CC1. The maximum atomic E-state index is 7.77. The van der Waals surface area contributed by atoms with E-state index >= 15 is 0 Å². The van der Waals surface area contributed by atoms with Gasteiger partial charge in [0.25, 0.3) is 0 Å². The van der Waals surface area contributed by atoms with Gasteiger partial charge in [0.2, 0.25) is 0 Å². The lowest BCUT2D eigenvalue weighted by Gasteiger charge is -2.50. The van der Waals surface area contributed by atoms with Crippen LogP contribution in [0.5, 0.6) is 0 Å². The Balaban J connectivity index is 1.34. The Hall–Kier alpha value is -1.42. The van der Waals surface area contributed by atoms with E-state index in [2.05, 4.69) is 61.9 Å². The van der Waals surface area contributed by atoms with Crippen LogP contribution in [0.2, 0.25) is 0 Å². The van der Waals surface area contributed by atoms with Gasteiger partial charge in [-0.2, -0.15) is 0 Å². The molecule has 6 aliphatic rings. The first kappa shape index (κ1) is 17.1. The summed E-state index contributed by atoms with van der Waals surface area (Å²) >= 11 is 2.10. The average molecular weight is 440 g/mol. The summed E-state index contributed by atoms with van der Waals surface area (Å²) < 4.78 is 29.7. The van der Waals surface area contributed by atoms with E-state index in [1.54, 1.807) is 5.57 Å². The molecule has 2 fully saturated rings. The standard InChI is InChI=1S/C27H36N2OS/c1-15-9-10-17-16-7-6-8-18(23(16)30-25(17)29-15)20-13-21-19(14-28-20)22-24(31-21)27(4,5)12-11-26(22,2)3/h7,13,17,22,24-25,28H,6,8-12,14H2,1-5H3/t17?,22-,24+,25?/m0/s1/i1D3. The predicted octanol–water partition coefficient (Wildman–Crippen LogP) is 6.51. The number of nitrogens with zero attached hydrogens (tertiary/aromatic N) is 1. The molecule has 0 amide bonds. The molecular formula is C27H36N2OS. The van der Waals surface area contributed by atoms with Crippen LogP contribution < -0.4 is 5.32 Å². The highest BCUT2D eigenvalue weighted by Gasteiger charge is 2.53. The van der Waals surface area contributed by atoms with Crippen LogP contribution in [0, 0.1) is 22.7 Å². The molecule has 4 atom stereocenters. The normalized spacial score (nSPS) is 39.4. The van der Waals surface area contributed by atoms with Gasteiger partial charge in [-0.3, -0.25) is 4.99 Å². The summed E-state index contributed by atoms with van der Waals surface area (Å²) in [6, 6.07) is 0. The monoisotopic (exact) mass is 439 g/mol.